The molecule has 138 valence electrons. The van der Waals surface area contributed by atoms with Gasteiger partial charge in [0.25, 0.3) is 0 Å². The van der Waals surface area contributed by atoms with Crippen LogP contribution in [0.1, 0.15) is 12.8 Å². The first-order valence-corrected chi connectivity index (χ1v) is 9.83. The molecule has 1 N–H and O–H groups in total. The predicted octanol–water partition coefficient (Wildman–Crippen LogP) is 4.24. The molecule has 0 unspecified atom stereocenters. The summed E-state index contributed by atoms with van der Waals surface area (Å²) in [5, 5.41) is 5.84. The lowest BCUT2D eigenvalue weighted by Crippen LogP contribution is -2.36. The van der Waals surface area contributed by atoms with Gasteiger partial charge in [-0.05, 0) is 25.0 Å². The van der Waals surface area contributed by atoms with Gasteiger partial charge in [-0.25, -0.2) is 4.98 Å². The minimum absolute atomic E-state index is 0.000123. The highest BCUT2D eigenvalue weighted by Crippen LogP contribution is 2.36. The molecule has 1 fully saturated rings. The normalized spacial score (nSPS) is 13.2. The van der Waals surface area contributed by atoms with Crippen molar-refractivity contribution in [1.29, 1.82) is 0 Å². The number of carbonyl (C=O) groups excluding carboxylic acids is 1. The van der Waals surface area contributed by atoms with E-state index in [9.17, 15) is 4.79 Å². The highest BCUT2D eigenvalue weighted by Gasteiger charge is 2.26. The van der Waals surface area contributed by atoms with Crippen LogP contribution in [-0.4, -0.2) is 30.6 Å². The number of amides is 1. The fourth-order valence-electron chi connectivity index (χ4n) is 2.88. The zero-order chi connectivity index (χ0) is 18.6. The molecule has 27 heavy (non-hydrogen) atoms. The number of methoxy groups -OCH3 is 1. The van der Waals surface area contributed by atoms with Crippen molar-refractivity contribution in [2.24, 2.45) is 0 Å². The first-order valence-electron chi connectivity index (χ1n) is 8.95. The van der Waals surface area contributed by atoms with E-state index in [-0.39, 0.29) is 12.5 Å². The smallest absolute Gasteiger partial charge is 0.240 e. The number of ether oxygens (including phenoxy) is 1. The topological polar surface area (TPSA) is 54.5 Å². The van der Waals surface area contributed by atoms with E-state index in [2.05, 4.69) is 5.32 Å². The number of nitrogens with zero attached hydrogens (tertiary/aromatic N) is 2. The number of para-hydroxylation sites is 2. The van der Waals surface area contributed by atoms with Gasteiger partial charge in [0.05, 0.1) is 18.5 Å². The first kappa shape index (κ1) is 17.5. The van der Waals surface area contributed by atoms with Gasteiger partial charge in [0.15, 0.2) is 5.13 Å². The van der Waals surface area contributed by atoms with Crippen molar-refractivity contribution in [1.82, 2.24) is 10.3 Å². The molecule has 3 aromatic rings. The average Bonchev–Trinajstić information content (AvgIpc) is 3.38. The van der Waals surface area contributed by atoms with E-state index in [1.54, 1.807) is 7.11 Å². The van der Waals surface area contributed by atoms with Gasteiger partial charge in [0.2, 0.25) is 5.91 Å². The number of benzene rings is 2. The van der Waals surface area contributed by atoms with E-state index in [0.717, 1.165) is 34.9 Å². The Bertz CT molecular complexity index is 922. The zero-order valence-corrected chi connectivity index (χ0v) is 15.9. The van der Waals surface area contributed by atoms with Crippen molar-refractivity contribution in [3.63, 3.8) is 0 Å². The second-order valence-corrected chi connectivity index (χ2v) is 7.32. The van der Waals surface area contributed by atoms with E-state index in [4.69, 9.17) is 9.72 Å². The molecule has 0 atom stereocenters. The van der Waals surface area contributed by atoms with Crippen LogP contribution < -0.4 is 15.0 Å². The zero-order valence-electron chi connectivity index (χ0n) is 15.1. The lowest BCUT2D eigenvalue weighted by molar-refractivity contribution is -0.119. The van der Waals surface area contributed by atoms with Crippen LogP contribution in [-0.2, 0) is 4.79 Å². The third-order valence-electron chi connectivity index (χ3n) is 4.41. The summed E-state index contributed by atoms with van der Waals surface area (Å²) in [5.74, 6) is 0.716. The van der Waals surface area contributed by atoms with Crippen LogP contribution in [0.3, 0.4) is 0 Å². The van der Waals surface area contributed by atoms with E-state index in [1.807, 2.05) is 64.9 Å². The van der Waals surface area contributed by atoms with Gasteiger partial charge in [-0.3, -0.25) is 4.79 Å². The summed E-state index contributed by atoms with van der Waals surface area (Å²) in [5.41, 5.74) is 2.79. The summed E-state index contributed by atoms with van der Waals surface area (Å²) < 4.78 is 5.52. The molecule has 0 radical (unpaired) electrons. The molecule has 5 nitrogen and oxygen atoms in total. The van der Waals surface area contributed by atoms with Gasteiger partial charge in [-0.15, -0.1) is 11.3 Å². The third kappa shape index (κ3) is 4.11. The number of carbonyl (C=O) groups is 1. The SMILES string of the molecule is COc1ccccc1N(CC(=O)NC1CC1)c1nc(-c2ccccc2)cs1. The van der Waals surface area contributed by atoms with Crippen molar-refractivity contribution in [3.8, 4) is 17.0 Å². The molecular weight excluding hydrogens is 358 g/mol. The number of aromatic nitrogens is 1. The highest BCUT2D eigenvalue weighted by molar-refractivity contribution is 7.14. The van der Waals surface area contributed by atoms with Crippen LogP contribution in [0.5, 0.6) is 5.75 Å². The Morgan fingerprint density at radius 2 is 1.93 bits per heavy atom. The fraction of sp³-hybridized carbons (Fsp3) is 0.238. The molecule has 0 saturated heterocycles. The van der Waals surface area contributed by atoms with Gasteiger partial charge >= 0.3 is 0 Å². The molecule has 0 bridgehead atoms. The van der Waals surface area contributed by atoms with Gasteiger partial charge in [-0.2, -0.15) is 0 Å². The maximum absolute atomic E-state index is 12.5. The van der Waals surface area contributed by atoms with Gasteiger partial charge in [0.1, 0.15) is 12.3 Å². The molecule has 6 heteroatoms. The lowest BCUT2D eigenvalue weighted by Gasteiger charge is -2.23. The van der Waals surface area contributed by atoms with Crippen molar-refractivity contribution < 1.29 is 9.53 Å². The lowest BCUT2D eigenvalue weighted by atomic mass is 10.2. The van der Waals surface area contributed by atoms with Crippen molar-refractivity contribution in [2.45, 2.75) is 18.9 Å². The second-order valence-electron chi connectivity index (χ2n) is 6.48. The minimum atomic E-state index is -0.000123. The second kappa shape index (κ2) is 7.80. The van der Waals surface area contributed by atoms with Crippen molar-refractivity contribution in [3.05, 3.63) is 60.0 Å². The highest BCUT2D eigenvalue weighted by atomic mass is 32.1. The largest absolute Gasteiger partial charge is 0.495 e. The number of rotatable bonds is 7. The minimum Gasteiger partial charge on any atom is -0.495 e. The van der Waals surface area contributed by atoms with Crippen LogP contribution in [0.25, 0.3) is 11.3 Å². The summed E-state index contributed by atoms with van der Waals surface area (Å²) in [6.07, 6.45) is 2.13. The van der Waals surface area contributed by atoms with Crippen LogP contribution in [0.2, 0.25) is 0 Å². The molecule has 2 aromatic carbocycles. The number of nitrogens with one attached hydrogen (secondary N) is 1. The Morgan fingerprint density at radius 1 is 1.19 bits per heavy atom. The van der Waals surface area contributed by atoms with E-state index in [0.29, 0.717) is 11.8 Å². The standard InChI is InChI=1S/C21H21N3O2S/c1-26-19-10-6-5-9-18(19)24(13-20(25)22-16-11-12-16)21-23-17(14-27-21)15-7-3-2-4-8-15/h2-10,14,16H,11-13H2,1H3,(H,22,25). The summed E-state index contributed by atoms with van der Waals surface area (Å²) >= 11 is 1.52. The average molecular weight is 379 g/mol. The summed E-state index contributed by atoms with van der Waals surface area (Å²) in [6.45, 7) is 0.207. The van der Waals surface area contributed by atoms with Crippen LogP contribution in [0, 0.1) is 0 Å². The molecule has 1 aliphatic carbocycles. The Morgan fingerprint density at radius 3 is 2.67 bits per heavy atom. The Balaban J connectivity index is 1.67. The molecule has 1 heterocycles. The monoisotopic (exact) mass is 379 g/mol. The molecule has 0 aliphatic heterocycles. The maximum Gasteiger partial charge on any atom is 0.240 e. The number of hydrogen-bond acceptors (Lipinski definition) is 5. The Labute approximate surface area is 162 Å². The Kier molecular flexibility index (Phi) is 5.07. The molecule has 1 aliphatic rings. The molecule has 1 amide bonds. The molecule has 0 spiro atoms. The first-order chi connectivity index (χ1) is 13.2. The van der Waals surface area contributed by atoms with Crippen LogP contribution in [0.15, 0.2) is 60.0 Å². The number of anilines is 2. The fourth-order valence-corrected chi connectivity index (χ4v) is 3.73. The molecular formula is C21H21N3O2S. The number of hydrogen-bond donors (Lipinski definition) is 1. The quantitative estimate of drug-likeness (QED) is 0.667. The van der Waals surface area contributed by atoms with Crippen LogP contribution in [0.4, 0.5) is 10.8 Å². The van der Waals surface area contributed by atoms with E-state index < -0.39 is 0 Å². The third-order valence-corrected chi connectivity index (χ3v) is 5.28. The van der Waals surface area contributed by atoms with Gasteiger partial charge < -0.3 is 15.0 Å². The number of thiazole rings is 1. The van der Waals surface area contributed by atoms with E-state index in [1.165, 1.54) is 11.3 Å². The predicted molar refractivity (Wildman–Crippen MR) is 109 cm³/mol. The summed E-state index contributed by atoms with van der Waals surface area (Å²) in [6, 6.07) is 18.1. The van der Waals surface area contributed by atoms with E-state index >= 15 is 0 Å². The van der Waals surface area contributed by atoms with Crippen molar-refractivity contribution >= 4 is 28.1 Å². The van der Waals surface area contributed by atoms with Gasteiger partial charge in [0, 0.05) is 17.0 Å². The summed E-state index contributed by atoms with van der Waals surface area (Å²) in [4.78, 5) is 19.2. The van der Waals surface area contributed by atoms with Crippen molar-refractivity contribution in [2.75, 3.05) is 18.6 Å². The molecule has 1 saturated carbocycles. The van der Waals surface area contributed by atoms with Gasteiger partial charge in [-0.1, -0.05) is 42.5 Å². The molecule has 4 rings (SSSR count). The maximum atomic E-state index is 12.5. The Hall–Kier alpha value is -2.86. The summed E-state index contributed by atoms with van der Waals surface area (Å²) in [7, 11) is 1.64. The van der Waals surface area contributed by atoms with Crippen LogP contribution >= 0.6 is 11.3 Å². The molecule has 1 aromatic heterocycles.